The van der Waals surface area contributed by atoms with Crippen LogP contribution < -0.4 is 11.1 Å². The molecule has 0 radical (unpaired) electrons. The third kappa shape index (κ3) is 3.62. The van der Waals surface area contributed by atoms with Gasteiger partial charge in [0.25, 0.3) is 5.91 Å². The molecule has 9 heteroatoms. The zero-order valence-electron chi connectivity index (χ0n) is 16.1. The standard InChI is InChI=1S/C21H19F4N3OS/c1-2-10-3-8-14-13(9-10)16(21(23,24)25)15-17(26)18(30-20(15)28-14)19(29)27-12-6-4-11(22)5-7-12/h4-7,10H,2-3,8-9,26H2,1H3,(H,27,29)/t10-/m1/s1. The van der Waals surface area contributed by atoms with Crippen molar-refractivity contribution in [2.24, 2.45) is 5.92 Å². The number of carbonyl (C=O) groups is 1. The number of carbonyl (C=O) groups excluding carboxylic acids is 1. The molecule has 158 valence electrons. The number of hydrogen-bond acceptors (Lipinski definition) is 4. The molecule has 0 bridgehead atoms. The molecule has 3 N–H and O–H groups in total. The van der Waals surface area contributed by atoms with Crippen LogP contribution in [0.2, 0.25) is 0 Å². The summed E-state index contributed by atoms with van der Waals surface area (Å²) in [6, 6.07) is 5.07. The van der Waals surface area contributed by atoms with Gasteiger partial charge in [-0.1, -0.05) is 13.3 Å². The molecule has 0 spiro atoms. The van der Waals surface area contributed by atoms with Crippen LogP contribution in [-0.2, 0) is 19.0 Å². The van der Waals surface area contributed by atoms with Crippen LogP contribution in [0.4, 0.5) is 28.9 Å². The number of aromatic nitrogens is 1. The van der Waals surface area contributed by atoms with Crippen LogP contribution in [0, 0.1) is 11.7 Å². The number of halogens is 4. The molecule has 4 nitrogen and oxygen atoms in total. The number of hydrogen-bond donors (Lipinski definition) is 2. The Hall–Kier alpha value is -2.68. The van der Waals surface area contributed by atoms with E-state index in [0.717, 1.165) is 24.2 Å². The lowest BCUT2D eigenvalue weighted by atomic mass is 9.82. The molecular weight excluding hydrogens is 418 g/mol. The molecular formula is C21H19F4N3OS. The molecule has 0 unspecified atom stereocenters. The summed E-state index contributed by atoms with van der Waals surface area (Å²) in [5.41, 5.74) is 6.02. The Morgan fingerprint density at radius 2 is 2.00 bits per heavy atom. The minimum atomic E-state index is -4.61. The van der Waals surface area contributed by atoms with Gasteiger partial charge in [0.2, 0.25) is 0 Å². The summed E-state index contributed by atoms with van der Waals surface area (Å²) in [5.74, 6) is -0.956. The fraction of sp³-hybridized carbons (Fsp3) is 0.333. The Morgan fingerprint density at radius 3 is 2.63 bits per heavy atom. The first-order valence-corrected chi connectivity index (χ1v) is 10.4. The van der Waals surface area contributed by atoms with Gasteiger partial charge in [0.05, 0.1) is 11.3 Å². The third-order valence-electron chi connectivity index (χ3n) is 5.51. The van der Waals surface area contributed by atoms with Crippen molar-refractivity contribution in [2.75, 3.05) is 11.1 Å². The summed E-state index contributed by atoms with van der Waals surface area (Å²) < 4.78 is 55.4. The predicted octanol–water partition coefficient (Wildman–Crippen LogP) is 5.80. The van der Waals surface area contributed by atoms with Gasteiger partial charge in [0, 0.05) is 16.8 Å². The smallest absolute Gasteiger partial charge is 0.397 e. The van der Waals surface area contributed by atoms with E-state index in [1.807, 2.05) is 6.92 Å². The number of fused-ring (bicyclic) bond motifs is 2. The number of nitrogens with two attached hydrogens (primary N) is 1. The molecule has 2 aromatic heterocycles. The zero-order chi connectivity index (χ0) is 21.6. The number of alkyl halides is 3. The first-order chi connectivity index (χ1) is 14.2. The Bertz CT molecular complexity index is 1120. The summed E-state index contributed by atoms with van der Waals surface area (Å²) in [6.07, 6.45) is -2.25. The van der Waals surface area contributed by atoms with Crippen LogP contribution in [0.25, 0.3) is 10.2 Å². The van der Waals surface area contributed by atoms with Crippen molar-refractivity contribution in [3.63, 3.8) is 0 Å². The number of thiophene rings is 1. The van der Waals surface area contributed by atoms with Crippen LogP contribution in [0.5, 0.6) is 0 Å². The number of pyridine rings is 1. The zero-order valence-corrected chi connectivity index (χ0v) is 16.9. The highest BCUT2D eigenvalue weighted by atomic mass is 32.1. The molecule has 1 amide bonds. The molecule has 1 aliphatic carbocycles. The van der Waals surface area contributed by atoms with Crippen LogP contribution in [0.15, 0.2) is 24.3 Å². The number of amides is 1. The minimum absolute atomic E-state index is 0.0401. The van der Waals surface area contributed by atoms with Crippen LogP contribution in [-0.4, -0.2) is 10.9 Å². The normalized spacial score (nSPS) is 16.5. The molecule has 0 fully saturated rings. The van der Waals surface area contributed by atoms with Crippen molar-refractivity contribution in [1.29, 1.82) is 0 Å². The summed E-state index contributed by atoms with van der Waals surface area (Å²) in [5, 5.41) is 2.35. The highest BCUT2D eigenvalue weighted by molar-refractivity contribution is 7.21. The number of aryl methyl sites for hydroxylation is 1. The van der Waals surface area contributed by atoms with Crippen molar-refractivity contribution < 1.29 is 22.4 Å². The molecule has 1 atom stereocenters. The fourth-order valence-corrected chi connectivity index (χ4v) is 4.97. The van der Waals surface area contributed by atoms with Gasteiger partial charge < -0.3 is 11.1 Å². The lowest BCUT2D eigenvalue weighted by Crippen LogP contribution is -2.21. The van der Waals surface area contributed by atoms with E-state index in [1.165, 1.54) is 24.3 Å². The van der Waals surface area contributed by atoms with E-state index in [2.05, 4.69) is 10.3 Å². The van der Waals surface area contributed by atoms with Gasteiger partial charge in [-0.2, -0.15) is 13.2 Å². The van der Waals surface area contributed by atoms with Crippen LogP contribution in [0.1, 0.15) is 46.3 Å². The largest absolute Gasteiger partial charge is 0.417 e. The Labute approximate surface area is 174 Å². The molecule has 3 aromatic rings. The number of rotatable bonds is 3. The molecule has 30 heavy (non-hydrogen) atoms. The molecule has 0 saturated carbocycles. The maximum Gasteiger partial charge on any atom is 0.417 e. The Morgan fingerprint density at radius 1 is 1.30 bits per heavy atom. The van der Waals surface area contributed by atoms with Crippen LogP contribution >= 0.6 is 11.3 Å². The van der Waals surface area contributed by atoms with E-state index in [4.69, 9.17) is 5.73 Å². The van der Waals surface area contributed by atoms with E-state index in [1.54, 1.807) is 0 Å². The van der Waals surface area contributed by atoms with E-state index in [9.17, 15) is 22.4 Å². The van der Waals surface area contributed by atoms with Gasteiger partial charge in [0.15, 0.2) is 0 Å². The van der Waals surface area contributed by atoms with Gasteiger partial charge >= 0.3 is 6.18 Å². The van der Waals surface area contributed by atoms with Crippen molar-refractivity contribution >= 4 is 38.8 Å². The Balaban J connectivity index is 1.83. The number of anilines is 2. The maximum absolute atomic E-state index is 14.1. The number of nitrogens with zero attached hydrogens (tertiary/aromatic N) is 1. The average Bonchev–Trinajstić information content (AvgIpc) is 3.02. The minimum Gasteiger partial charge on any atom is -0.397 e. The fourth-order valence-electron chi connectivity index (χ4n) is 3.95. The summed E-state index contributed by atoms with van der Waals surface area (Å²) >= 11 is 0.842. The molecule has 1 aromatic carbocycles. The summed E-state index contributed by atoms with van der Waals surface area (Å²) in [7, 11) is 0. The maximum atomic E-state index is 14.1. The lowest BCUT2D eigenvalue weighted by molar-refractivity contribution is -0.137. The van der Waals surface area contributed by atoms with Gasteiger partial charge in [-0.25, -0.2) is 9.37 Å². The topological polar surface area (TPSA) is 68.0 Å². The lowest BCUT2D eigenvalue weighted by Gasteiger charge is -2.26. The van der Waals surface area contributed by atoms with Gasteiger partial charge in [-0.15, -0.1) is 11.3 Å². The second kappa shape index (κ2) is 7.54. The van der Waals surface area contributed by atoms with E-state index < -0.39 is 23.5 Å². The molecule has 4 rings (SSSR count). The molecule has 0 saturated heterocycles. The van der Waals surface area contributed by atoms with Crippen molar-refractivity contribution in [3.05, 3.63) is 51.8 Å². The van der Waals surface area contributed by atoms with Crippen LogP contribution in [0.3, 0.4) is 0 Å². The average molecular weight is 437 g/mol. The second-order valence-corrected chi connectivity index (χ2v) is 8.41. The highest BCUT2D eigenvalue weighted by Crippen LogP contribution is 2.46. The third-order valence-corrected chi connectivity index (χ3v) is 6.61. The van der Waals surface area contributed by atoms with Gasteiger partial charge in [0.1, 0.15) is 15.5 Å². The SMILES string of the molecule is CC[C@@H]1CCc2nc3sc(C(=O)Nc4ccc(F)cc4)c(N)c3c(C(F)(F)F)c2C1. The van der Waals surface area contributed by atoms with E-state index in [-0.39, 0.29) is 32.3 Å². The molecule has 1 aliphatic rings. The number of benzene rings is 1. The quantitative estimate of drug-likeness (QED) is 0.509. The van der Waals surface area contributed by atoms with E-state index >= 15 is 0 Å². The molecule has 0 aliphatic heterocycles. The van der Waals surface area contributed by atoms with Gasteiger partial charge in [-0.05, 0) is 55.0 Å². The summed E-state index contributed by atoms with van der Waals surface area (Å²) in [6.45, 7) is 1.96. The first kappa shape index (κ1) is 20.6. The van der Waals surface area contributed by atoms with E-state index in [0.29, 0.717) is 24.2 Å². The van der Waals surface area contributed by atoms with Crippen molar-refractivity contribution in [2.45, 2.75) is 38.8 Å². The number of nitrogen functional groups attached to an aromatic ring is 1. The predicted molar refractivity (Wildman–Crippen MR) is 109 cm³/mol. The van der Waals surface area contributed by atoms with Crippen molar-refractivity contribution in [1.82, 2.24) is 4.98 Å². The van der Waals surface area contributed by atoms with Crippen molar-refractivity contribution in [3.8, 4) is 0 Å². The highest BCUT2D eigenvalue weighted by Gasteiger charge is 2.40. The second-order valence-electron chi connectivity index (χ2n) is 7.41. The Kier molecular flexibility index (Phi) is 5.17. The summed E-state index contributed by atoms with van der Waals surface area (Å²) in [4.78, 5) is 17.2. The number of nitrogens with one attached hydrogen (secondary N) is 1. The first-order valence-electron chi connectivity index (χ1n) is 9.56. The molecule has 2 heterocycles. The van der Waals surface area contributed by atoms with Gasteiger partial charge in [-0.3, -0.25) is 4.79 Å². The monoisotopic (exact) mass is 437 g/mol.